The fourth-order valence-corrected chi connectivity index (χ4v) is 2.33. The van der Waals surface area contributed by atoms with Gasteiger partial charge in [0.2, 0.25) is 11.8 Å². The van der Waals surface area contributed by atoms with E-state index in [2.05, 4.69) is 21.2 Å². The first-order valence-electron chi connectivity index (χ1n) is 7.19. The summed E-state index contributed by atoms with van der Waals surface area (Å²) in [7, 11) is 1.53. The molecule has 0 aliphatic carbocycles. The molecule has 2 amide bonds. The van der Waals surface area contributed by atoms with E-state index >= 15 is 0 Å². The predicted octanol–water partition coefficient (Wildman–Crippen LogP) is 3.70. The molecule has 0 aromatic heterocycles. The second kappa shape index (κ2) is 8.40. The average molecular weight is 391 g/mol. The normalized spacial score (nSPS) is 10.6. The van der Waals surface area contributed by atoms with E-state index in [-0.39, 0.29) is 24.2 Å². The van der Waals surface area contributed by atoms with Gasteiger partial charge in [0, 0.05) is 17.6 Å². The highest BCUT2D eigenvalue weighted by Crippen LogP contribution is 2.20. The second-order valence-electron chi connectivity index (χ2n) is 5.11. The number of para-hydroxylation sites is 1. The van der Waals surface area contributed by atoms with Crippen LogP contribution in [0.3, 0.4) is 0 Å². The Morgan fingerprint density at radius 3 is 2.67 bits per heavy atom. The summed E-state index contributed by atoms with van der Waals surface area (Å²) < 4.78 is 13.8. The maximum absolute atomic E-state index is 13.1. The van der Waals surface area contributed by atoms with E-state index < -0.39 is 0 Å². The van der Waals surface area contributed by atoms with Gasteiger partial charge in [0.05, 0.1) is 12.2 Å². The van der Waals surface area contributed by atoms with Crippen LogP contribution in [0.25, 0.3) is 6.08 Å². The molecule has 0 radical (unpaired) electrons. The molecule has 2 aromatic carbocycles. The number of amides is 2. The van der Waals surface area contributed by atoms with E-state index in [9.17, 15) is 14.0 Å². The molecule has 2 rings (SSSR count). The predicted molar refractivity (Wildman–Crippen MR) is 95.8 cm³/mol. The summed E-state index contributed by atoms with van der Waals surface area (Å²) in [4.78, 5) is 25.3. The summed E-state index contributed by atoms with van der Waals surface area (Å²) in [6.45, 7) is -0.0896. The summed E-state index contributed by atoms with van der Waals surface area (Å²) in [6, 6.07) is 13.1. The minimum Gasteiger partial charge on any atom is -0.333 e. The molecule has 0 saturated heterocycles. The van der Waals surface area contributed by atoms with Gasteiger partial charge >= 0.3 is 0 Å². The standard InChI is InChI=1S/C18H16BrFN2O2/c1-22(12-17(23)21-16-8-3-2-7-15(16)19)18(24)10-9-13-5-4-6-14(20)11-13/h2-11H,12H2,1H3,(H,21,23)/b10-9+. The van der Waals surface area contributed by atoms with Crippen molar-refractivity contribution in [2.75, 3.05) is 18.9 Å². The Morgan fingerprint density at radius 2 is 1.96 bits per heavy atom. The van der Waals surface area contributed by atoms with Gasteiger partial charge in [-0.15, -0.1) is 0 Å². The molecule has 0 heterocycles. The van der Waals surface area contributed by atoms with Gasteiger partial charge in [0.15, 0.2) is 0 Å². The topological polar surface area (TPSA) is 49.4 Å². The Morgan fingerprint density at radius 1 is 1.21 bits per heavy atom. The number of benzene rings is 2. The number of hydrogen-bond donors (Lipinski definition) is 1. The van der Waals surface area contributed by atoms with Crippen molar-refractivity contribution in [2.24, 2.45) is 0 Å². The lowest BCUT2D eigenvalue weighted by Crippen LogP contribution is -2.33. The number of rotatable bonds is 5. The molecule has 0 bridgehead atoms. The van der Waals surface area contributed by atoms with Crippen molar-refractivity contribution in [3.05, 3.63) is 70.5 Å². The Hall–Kier alpha value is -2.47. The third-order valence-electron chi connectivity index (χ3n) is 3.17. The third kappa shape index (κ3) is 5.31. The van der Waals surface area contributed by atoms with Gasteiger partial charge in [-0.05, 0) is 51.8 Å². The number of carbonyl (C=O) groups excluding carboxylic acids is 2. The van der Waals surface area contributed by atoms with Crippen LogP contribution in [0.1, 0.15) is 5.56 Å². The van der Waals surface area contributed by atoms with Gasteiger partial charge < -0.3 is 10.2 Å². The minimum atomic E-state index is -0.370. The van der Waals surface area contributed by atoms with Crippen molar-refractivity contribution in [3.8, 4) is 0 Å². The zero-order valence-electron chi connectivity index (χ0n) is 13.0. The molecule has 0 atom stereocenters. The van der Waals surface area contributed by atoms with Crippen molar-refractivity contribution in [1.29, 1.82) is 0 Å². The highest BCUT2D eigenvalue weighted by atomic mass is 79.9. The summed E-state index contributed by atoms with van der Waals surface area (Å²) in [6.07, 6.45) is 2.81. The summed E-state index contributed by atoms with van der Waals surface area (Å²) in [5, 5.41) is 2.72. The first-order chi connectivity index (χ1) is 11.5. The molecule has 1 N–H and O–H groups in total. The quantitative estimate of drug-likeness (QED) is 0.791. The van der Waals surface area contributed by atoms with E-state index in [0.717, 1.165) is 4.47 Å². The zero-order valence-corrected chi connectivity index (χ0v) is 14.6. The molecule has 0 unspecified atom stereocenters. The van der Waals surface area contributed by atoms with Crippen molar-refractivity contribution in [2.45, 2.75) is 0 Å². The summed E-state index contributed by atoms with van der Waals surface area (Å²) >= 11 is 3.34. The van der Waals surface area contributed by atoms with Crippen LogP contribution in [-0.4, -0.2) is 30.3 Å². The van der Waals surface area contributed by atoms with Crippen LogP contribution < -0.4 is 5.32 Å². The number of carbonyl (C=O) groups is 2. The van der Waals surface area contributed by atoms with Crippen molar-refractivity contribution in [1.82, 2.24) is 4.90 Å². The largest absolute Gasteiger partial charge is 0.333 e. The van der Waals surface area contributed by atoms with E-state index in [4.69, 9.17) is 0 Å². The summed E-state index contributed by atoms with van der Waals surface area (Å²) in [5.74, 6) is -1.02. The van der Waals surface area contributed by atoms with Gasteiger partial charge in [-0.25, -0.2) is 4.39 Å². The molecule has 0 spiro atoms. The molecule has 0 aliphatic rings. The van der Waals surface area contributed by atoms with E-state index in [0.29, 0.717) is 11.3 Å². The summed E-state index contributed by atoms with van der Waals surface area (Å²) in [5.41, 5.74) is 1.22. The van der Waals surface area contributed by atoms with Crippen LogP contribution in [0.4, 0.5) is 10.1 Å². The van der Waals surface area contributed by atoms with Gasteiger partial charge in [0.25, 0.3) is 0 Å². The van der Waals surface area contributed by atoms with Crippen LogP contribution in [-0.2, 0) is 9.59 Å². The highest BCUT2D eigenvalue weighted by molar-refractivity contribution is 9.10. The van der Waals surface area contributed by atoms with Crippen molar-refractivity contribution >= 4 is 39.5 Å². The molecule has 4 nitrogen and oxygen atoms in total. The average Bonchev–Trinajstić information content (AvgIpc) is 2.54. The Bertz CT molecular complexity index is 777. The van der Waals surface area contributed by atoms with Gasteiger partial charge in [-0.2, -0.15) is 0 Å². The fourth-order valence-electron chi connectivity index (χ4n) is 1.95. The van der Waals surface area contributed by atoms with Gasteiger partial charge in [0.1, 0.15) is 5.82 Å². The Balaban J connectivity index is 1.91. The smallest absolute Gasteiger partial charge is 0.246 e. The molecular formula is C18H16BrFN2O2. The molecule has 2 aromatic rings. The van der Waals surface area contributed by atoms with Crippen LogP contribution >= 0.6 is 15.9 Å². The van der Waals surface area contributed by atoms with Gasteiger partial charge in [-0.3, -0.25) is 9.59 Å². The Kier molecular flexibility index (Phi) is 6.26. The Labute approximate surface area is 148 Å². The fraction of sp³-hybridized carbons (Fsp3) is 0.111. The van der Waals surface area contributed by atoms with Crippen LogP contribution in [0.5, 0.6) is 0 Å². The van der Waals surface area contributed by atoms with Crippen LogP contribution in [0.2, 0.25) is 0 Å². The number of anilines is 1. The maximum atomic E-state index is 13.1. The van der Waals surface area contributed by atoms with E-state index in [1.165, 1.54) is 36.2 Å². The SMILES string of the molecule is CN(CC(=O)Nc1ccccc1Br)C(=O)/C=C/c1cccc(F)c1. The first-order valence-corrected chi connectivity index (χ1v) is 7.98. The second-order valence-corrected chi connectivity index (χ2v) is 5.96. The number of nitrogens with zero attached hydrogens (tertiary/aromatic N) is 1. The maximum Gasteiger partial charge on any atom is 0.246 e. The molecular weight excluding hydrogens is 375 g/mol. The van der Waals surface area contributed by atoms with E-state index in [1.807, 2.05) is 12.1 Å². The van der Waals surface area contributed by atoms with E-state index in [1.54, 1.807) is 24.3 Å². The number of halogens is 2. The van der Waals surface area contributed by atoms with Gasteiger partial charge in [-0.1, -0.05) is 24.3 Å². The monoisotopic (exact) mass is 390 g/mol. The molecule has 0 fully saturated rings. The lowest BCUT2D eigenvalue weighted by Gasteiger charge is -2.15. The minimum absolute atomic E-state index is 0.0896. The molecule has 6 heteroatoms. The molecule has 24 heavy (non-hydrogen) atoms. The lowest BCUT2D eigenvalue weighted by atomic mass is 10.2. The molecule has 0 saturated carbocycles. The zero-order chi connectivity index (χ0) is 17.5. The number of hydrogen-bond acceptors (Lipinski definition) is 2. The van der Waals surface area contributed by atoms with Crippen LogP contribution in [0.15, 0.2) is 59.1 Å². The number of likely N-dealkylation sites (N-methyl/N-ethyl adjacent to an activating group) is 1. The lowest BCUT2D eigenvalue weighted by molar-refractivity contribution is -0.129. The van der Waals surface area contributed by atoms with Crippen molar-refractivity contribution < 1.29 is 14.0 Å². The van der Waals surface area contributed by atoms with Crippen LogP contribution in [0, 0.1) is 5.82 Å². The number of nitrogens with one attached hydrogen (secondary N) is 1. The third-order valence-corrected chi connectivity index (χ3v) is 3.86. The highest BCUT2D eigenvalue weighted by Gasteiger charge is 2.11. The molecule has 0 aliphatic heterocycles. The first kappa shape index (κ1) is 17.9. The van der Waals surface area contributed by atoms with Crippen molar-refractivity contribution in [3.63, 3.8) is 0 Å². The molecule has 124 valence electrons.